The molecule has 0 saturated carbocycles. The first kappa shape index (κ1) is 18.8. The maximum atomic E-state index is 12.8. The lowest BCUT2D eigenvalue weighted by Crippen LogP contribution is -2.43. The fraction of sp³-hybridized carbons (Fsp3) is 0.304. The summed E-state index contributed by atoms with van der Waals surface area (Å²) in [4.78, 5) is 19.6. The number of nitrogens with one attached hydrogen (secondary N) is 1. The molecular weight excluding hydrogens is 366 g/mol. The first-order valence-corrected chi connectivity index (χ1v) is 10.6. The van der Waals surface area contributed by atoms with Crippen molar-refractivity contribution in [2.24, 2.45) is 5.41 Å². The molecular formula is C23H25N3OS. The van der Waals surface area contributed by atoms with Crippen LogP contribution >= 0.6 is 11.3 Å². The van der Waals surface area contributed by atoms with Gasteiger partial charge in [-0.25, -0.2) is 0 Å². The highest BCUT2D eigenvalue weighted by Crippen LogP contribution is 2.36. The molecule has 1 amide bonds. The van der Waals surface area contributed by atoms with Crippen LogP contribution in [0.2, 0.25) is 0 Å². The van der Waals surface area contributed by atoms with Gasteiger partial charge in [0, 0.05) is 26.3 Å². The van der Waals surface area contributed by atoms with Crippen molar-refractivity contribution in [1.82, 2.24) is 15.2 Å². The molecule has 3 aromatic rings. The number of carbonyl (C=O) groups excluding carboxylic acids is 1. The molecule has 5 heteroatoms. The maximum absolute atomic E-state index is 12.8. The fourth-order valence-corrected chi connectivity index (χ4v) is 4.79. The van der Waals surface area contributed by atoms with Crippen LogP contribution in [0.5, 0.6) is 0 Å². The van der Waals surface area contributed by atoms with Crippen LogP contribution in [0.4, 0.5) is 0 Å². The Labute approximate surface area is 170 Å². The zero-order valence-corrected chi connectivity index (χ0v) is 16.9. The van der Waals surface area contributed by atoms with Crippen LogP contribution in [0.15, 0.2) is 65.5 Å². The Kier molecular flexibility index (Phi) is 5.55. The summed E-state index contributed by atoms with van der Waals surface area (Å²) in [6, 6.07) is 16.8. The lowest BCUT2D eigenvalue weighted by molar-refractivity contribution is -0.130. The van der Waals surface area contributed by atoms with Gasteiger partial charge in [-0.2, -0.15) is 11.3 Å². The number of amides is 1. The Morgan fingerprint density at radius 2 is 2.04 bits per heavy atom. The summed E-state index contributed by atoms with van der Waals surface area (Å²) in [6.07, 6.45) is 3.45. The maximum Gasteiger partial charge on any atom is 0.227 e. The third kappa shape index (κ3) is 4.01. The summed E-state index contributed by atoms with van der Waals surface area (Å²) in [5, 5.41) is 7.16. The third-order valence-electron chi connectivity index (χ3n) is 5.60. The number of benzene rings is 1. The second kappa shape index (κ2) is 8.25. The zero-order valence-electron chi connectivity index (χ0n) is 16.1. The number of thiophene rings is 1. The summed E-state index contributed by atoms with van der Waals surface area (Å²) in [5.41, 5.74) is 4.35. The number of carbonyl (C=O) groups is 1. The highest BCUT2D eigenvalue weighted by atomic mass is 32.1. The van der Waals surface area contributed by atoms with Crippen LogP contribution in [0.25, 0.3) is 11.1 Å². The largest absolute Gasteiger partial charge is 0.359 e. The average molecular weight is 392 g/mol. The molecule has 1 aliphatic heterocycles. The van der Waals surface area contributed by atoms with Crippen LogP contribution in [0.1, 0.15) is 17.7 Å². The van der Waals surface area contributed by atoms with E-state index in [9.17, 15) is 4.79 Å². The number of hydrogen-bond acceptors (Lipinski definition) is 4. The predicted molar refractivity (Wildman–Crippen MR) is 114 cm³/mol. The van der Waals surface area contributed by atoms with Crippen molar-refractivity contribution in [2.45, 2.75) is 19.4 Å². The van der Waals surface area contributed by atoms with E-state index in [1.807, 2.05) is 24.4 Å². The molecule has 2 aromatic heterocycles. The fourth-order valence-electron chi connectivity index (χ4n) is 4.12. The van der Waals surface area contributed by atoms with Crippen LogP contribution in [-0.4, -0.2) is 35.9 Å². The third-order valence-corrected chi connectivity index (χ3v) is 6.29. The van der Waals surface area contributed by atoms with Gasteiger partial charge in [0.15, 0.2) is 0 Å². The molecule has 1 fully saturated rings. The van der Waals surface area contributed by atoms with Gasteiger partial charge in [0.25, 0.3) is 0 Å². The molecule has 1 aromatic carbocycles. The smallest absolute Gasteiger partial charge is 0.227 e. The standard InChI is InChI=1S/C23H25N3OS/c1-24-22(27)23(10-12-26(17-23)15-21-4-2-3-11-25-21)14-18-5-7-19(8-6-18)20-9-13-28-16-20/h2-9,11,13,16H,10,12,14-15,17H2,1H3,(H,24,27)/t23-/m0/s1. The molecule has 1 atom stereocenters. The van der Waals surface area contributed by atoms with Gasteiger partial charge in [0.1, 0.15) is 0 Å². The minimum absolute atomic E-state index is 0.137. The normalized spacial score (nSPS) is 19.6. The van der Waals surface area contributed by atoms with Gasteiger partial charge in [-0.1, -0.05) is 30.3 Å². The Bertz CT molecular complexity index is 909. The molecule has 1 saturated heterocycles. The lowest BCUT2D eigenvalue weighted by Gasteiger charge is -2.28. The second-order valence-electron chi connectivity index (χ2n) is 7.53. The van der Waals surface area contributed by atoms with Crippen LogP contribution in [0.3, 0.4) is 0 Å². The highest BCUT2D eigenvalue weighted by molar-refractivity contribution is 7.08. The molecule has 0 spiro atoms. The Morgan fingerprint density at radius 3 is 2.71 bits per heavy atom. The summed E-state index contributed by atoms with van der Waals surface area (Å²) in [6.45, 7) is 2.46. The molecule has 0 bridgehead atoms. The van der Waals surface area contributed by atoms with Crippen molar-refractivity contribution < 1.29 is 4.79 Å². The molecule has 4 nitrogen and oxygen atoms in total. The first-order chi connectivity index (χ1) is 13.7. The molecule has 3 heterocycles. The SMILES string of the molecule is CNC(=O)[C@]1(Cc2ccc(-c3ccsc3)cc2)CCN(Cc2ccccn2)C1. The molecule has 0 radical (unpaired) electrons. The van der Waals surface area contributed by atoms with Crippen molar-refractivity contribution in [3.8, 4) is 11.1 Å². The van der Waals surface area contributed by atoms with E-state index in [0.29, 0.717) is 0 Å². The average Bonchev–Trinajstić information content (AvgIpc) is 3.40. The highest BCUT2D eigenvalue weighted by Gasteiger charge is 2.44. The summed E-state index contributed by atoms with van der Waals surface area (Å²) < 4.78 is 0. The van der Waals surface area contributed by atoms with E-state index in [4.69, 9.17) is 0 Å². The molecule has 144 valence electrons. The van der Waals surface area contributed by atoms with Gasteiger partial charge in [0.05, 0.1) is 11.1 Å². The van der Waals surface area contributed by atoms with Crippen LogP contribution in [-0.2, 0) is 17.8 Å². The van der Waals surface area contributed by atoms with E-state index in [1.54, 1.807) is 18.4 Å². The quantitative estimate of drug-likeness (QED) is 0.691. The van der Waals surface area contributed by atoms with Gasteiger partial charge >= 0.3 is 0 Å². The summed E-state index contributed by atoms with van der Waals surface area (Å²) >= 11 is 1.71. The van der Waals surface area contributed by atoms with E-state index >= 15 is 0 Å². The summed E-state index contributed by atoms with van der Waals surface area (Å²) in [5.74, 6) is 0.137. The minimum atomic E-state index is -0.382. The number of hydrogen-bond donors (Lipinski definition) is 1. The Hall–Kier alpha value is -2.50. The summed E-state index contributed by atoms with van der Waals surface area (Å²) in [7, 11) is 1.74. The molecule has 1 N–H and O–H groups in total. The Balaban J connectivity index is 1.50. The number of nitrogens with zero attached hydrogens (tertiary/aromatic N) is 2. The second-order valence-corrected chi connectivity index (χ2v) is 8.31. The minimum Gasteiger partial charge on any atom is -0.359 e. The molecule has 28 heavy (non-hydrogen) atoms. The van der Waals surface area contributed by atoms with Gasteiger partial charge in [-0.3, -0.25) is 14.7 Å². The van der Waals surface area contributed by atoms with Gasteiger partial charge in [0.2, 0.25) is 5.91 Å². The van der Waals surface area contributed by atoms with E-state index < -0.39 is 0 Å². The number of likely N-dealkylation sites (tertiary alicyclic amines) is 1. The Morgan fingerprint density at radius 1 is 1.18 bits per heavy atom. The van der Waals surface area contributed by atoms with Crippen molar-refractivity contribution in [1.29, 1.82) is 0 Å². The van der Waals surface area contributed by atoms with Gasteiger partial charge in [-0.15, -0.1) is 0 Å². The monoisotopic (exact) mass is 391 g/mol. The van der Waals surface area contributed by atoms with Crippen molar-refractivity contribution >= 4 is 17.2 Å². The van der Waals surface area contributed by atoms with Crippen molar-refractivity contribution in [3.63, 3.8) is 0 Å². The van der Waals surface area contributed by atoms with Crippen molar-refractivity contribution in [2.75, 3.05) is 20.1 Å². The van der Waals surface area contributed by atoms with Gasteiger partial charge < -0.3 is 5.32 Å². The van der Waals surface area contributed by atoms with E-state index in [1.165, 1.54) is 16.7 Å². The molecule has 1 aliphatic rings. The molecule has 0 aliphatic carbocycles. The van der Waals surface area contributed by atoms with Crippen LogP contribution < -0.4 is 5.32 Å². The topological polar surface area (TPSA) is 45.2 Å². The van der Waals surface area contributed by atoms with Crippen molar-refractivity contribution in [3.05, 3.63) is 76.7 Å². The first-order valence-electron chi connectivity index (χ1n) is 9.64. The molecule has 0 unspecified atom stereocenters. The van der Waals surface area contributed by atoms with E-state index in [-0.39, 0.29) is 11.3 Å². The lowest BCUT2D eigenvalue weighted by atomic mass is 9.79. The van der Waals surface area contributed by atoms with Gasteiger partial charge in [-0.05, 0) is 65.0 Å². The number of aromatic nitrogens is 1. The van der Waals surface area contributed by atoms with E-state index in [0.717, 1.165) is 38.2 Å². The van der Waals surface area contributed by atoms with E-state index in [2.05, 4.69) is 56.3 Å². The zero-order chi connectivity index (χ0) is 19.4. The number of pyridine rings is 1. The number of rotatable bonds is 6. The predicted octanol–water partition coefficient (Wildman–Crippen LogP) is 3.99. The molecule has 4 rings (SSSR count). The van der Waals surface area contributed by atoms with Crippen LogP contribution in [0, 0.1) is 5.41 Å².